The van der Waals surface area contributed by atoms with Crippen LogP contribution < -0.4 is 0 Å². The van der Waals surface area contributed by atoms with Crippen molar-refractivity contribution in [3.8, 4) is 0 Å². The number of carboxylic acid groups (broad SMARTS) is 1. The predicted molar refractivity (Wildman–Crippen MR) is 90.7 cm³/mol. The van der Waals surface area contributed by atoms with E-state index in [9.17, 15) is 19.5 Å². The minimum atomic E-state index is -1.35. The van der Waals surface area contributed by atoms with Gasteiger partial charge >= 0.3 is 17.8 Å². The third-order valence-electron chi connectivity index (χ3n) is 3.82. The Balaban J connectivity index is 2.67. The molecule has 0 saturated carbocycles. The summed E-state index contributed by atoms with van der Waals surface area (Å²) in [4.78, 5) is 36.1. The molecule has 0 aliphatic heterocycles. The lowest BCUT2D eigenvalue weighted by atomic mass is 9.85. The molecule has 1 atom stereocenters. The van der Waals surface area contributed by atoms with Gasteiger partial charge in [-0.25, -0.2) is 4.79 Å². The average Bonchev–Trinajstić information content (AvgIpc) is 2.57. The zero-order valence-electron chi connectivity index (χ0n) is 15.0. The zero-order valence-corrected chi connectivity index (χ0v) is 15.0. The lowest BCUT2D eigenvalue weighted by Gasteiger charge is -2.30. The second-order valence-corrected chi connectivity index (χ2v) is 6.45. The first-order valence-corrected chi connectivity index (χ1v) is 7.93. The summed E-state index contributed by atoms with van der Waals surface area (Å²) in [5.41, 5.74) is -0.366. The molecule has 0 aromatic heterocycles. The highest BCUT2D eigenvalue weighted by Gasteiger charge is 2.40. The summed E-state index contributed by atoms with van der Waals surface area (Å²) < 4.78 is 10.7. The van der Waals surface area contributed by atoms with Crippen molar-refractivity contribution in [3.63, 3.8) is 0 Å². The molecule has 0 aliphatic carbocycles. The molecule has 7 nitrogen and oxygen atoms in total. The summed E-state index contributed by atoms with van der Waals surface area (Å²) in [6.45, 7) is 3.46. The van der Waals surface area contributed by atoms with Crippen LogP contribution >= 0.6 is 0 Å². The van der Waals surface area contributed by atoms with E-state index in [2.05, 4.69) is 0 Å². The number of hydrogen-bond donors (Lipinski definition) is 1. The number of amides is 1. The monoisotopic (exact) mass is 351 g/mol. The highest BCUT2D eigenvalue weighted by atomic mass is 16.6. The molecule has 25 heavy (non-hydrogen) atoms. The van der Waals surface area contributed by atoms with Gasteiger partial charge in [0, 0.05) is 20.5 Å². The number of hydrogen-bond acceptors (Lipinski definition) is 5. The van der Waals surface area contributed by atoms with Crippen LogP contribution in [0, 0.1) is 5.41 Å². The van der Waals surface area contributed by atoms with Gasteiger partial charge in [0.25, 0.3) is 0 Å². The van der Waals surface area contributed by atoms with Crippen molar-refractivity contribution in [1.82, 2.24) is 4.90 Å². The standard InChI is InChI=1S/C18H25NO6/c1-18(2,17(22)23)14(25-16(21)15(20)19(3)4)10-11-24-12-13-8-6-5-7-9-13/h5-9,14H,10-12H2,1-4H3,(H,22,23)/t14-/m1/s1. The van der Waals surface area contributed by atoms with Gasteiger partial charge in [-0.2, -0.15) is 0 Å². The van der Waals surface area contributed by atoms with Crippen molar-refractivity contribution >= 4 is 17.8 Å². The fourth-order valence-corrected chi connectivity index (χ4v) is 2.02. The van der Waals surface area contributed by atoms with Crippen LogP contribution in [-0.4, -0.2) is 54.7 Å². The van der Waals surface area contributed by atoms with Gasteiger partial charge in [-0.15, -0.1) is 0 Å². The molecule has 1 N–H and O–H groups in total. The third kappa shape index (κ3) is 6.19. The van der Waals surface area contributed by atoms with E-state index in [1.807, 2.05) is 30.3 Å². The van der Waals surface area contributed by atoms with Gasteiger partial charge in [0.1, 0.15) is 6.10 Å². The van der Waals surface area contributed by atoms with E-state index in [4.69, 9.17) is 9.47 Å². The summed E-state index contributed by atoms with van der Waals surface area (Å²) in [6.07, 6.45) is -0.823. The van der Waals surface area contributed by atoms with Gasteiger partial charge in [-0.05, 0) is 19.4 Å². The van der Waals surface area contributed by atoms with Crippen LogP contribution in [0.5, 0.6) is 0 Å². The fraction of sp³-hybridized carbons (Fsp3) is 0.500. The Hall–Kier alpha value is -2.41. The highest BCUT2D eigenvalue weighted by molar-refractivity contribution is 6.32. The van der Waals surface area contributed by atoms with Crippen molar-refractivity contribution in [2.45, 2.75) is 33.0 Å². The van der Waals surface area contributed by atoms with E-state index in [0.717, 1.165) is 10.5 Å². The lowest BCUT2D eigenvalue weighted by molar-refractivity contribution is -0.174. The van der Waals surface area contributed by atoms with Crippen molar-refractivity contribution in [3.05, 3.63) is 35.9 Å². The van der Waals surface area contributed by atoms with Crippen LogP contribution in [0.4, 0.5) is 0 Å². The van der Waals surface area contributed by atoms with Gasteiger partial charge in [-0.3, -0.25) is 9.59 Å². The molecule has 0 fully saturated rings. The minimum Gasteiger partial charge on any atom is -0.481 e. The summed E-state index contributed by atoms with van der Waals surface area (Å²) in [6, 6.07) is 9.51. The van der Waals surface area contributed by atoms with E-state index < -0.39 is 29.4 Å². The number of benzene rings is 1. The van der Waals surface area contributed by atoms with Crippen molar-refractivity contribution < 1.29 is 29.0 Å². The Morgan fingerprint density at radius 2 is 1.76 bits per heavy atom. The Morgan fingerprint density at radius 1 is 1.16 bits per heavy atom. The van der Waals surface area contributed by atoms with Crippen LogP contribution in [0.15, 0.2) is 30.3 Å². The maximum absolute atomic E-state index is 11.9. The van der Waals surface area contributed by atoms with Crippen molar-refractivity contribution in [1.29, 1.82) is 0 Å². The largest absolute Gasteiger partial charge is 0.481 e. The third-order valence-corrected chi connectivity index (χ3v) is 3.82. The fourth-order valence-electron chi connectivity index (χ4n) is 2.02. The van der Waals surface area contributed by atoms with Crippen LogP contribution in [0.25, 0.3) is 0 Å². The topological polar surface area (TPSA) is 93.1 Å². The summed E-state index contributed by atoms with van der Waals surface area (Å²) in [7, 11) is 2.84. The smallest absolute Gasteiger partial charge is 0.397 e. The molecule has 1 aromatic rings. The maximum atomic E-state index is 11.9. The molecule has 0 unspecified atom stereocenters. The second kappa shape index (κ2) is 9.17. The SMILES string of the molecule is CN(C)C(=O)C(=O)O[C@H](CCOCc1ccccc1)C(C)(C)C(=O)O. The lowest BCUT2D eigenvalue weighted by Crippen LogP contribution is -2.43. The molecule has 7 heteroatoms. The predicted octanol–water partition coefficient (Wildman–Crippen LogP) is 1.70. The van der Waals surface area contributed by atoms with Gasteiger partial charge in [0.2, 0.25) is 0 Å². The van der Waals surface area contributed by atoms with Crippen LogP contribution in [0.1, 0.15) is 25.8 Å². The molecule has 0 aliphatic rings. The van der Waals surface area contributed by atoms with Crippen molar-refractivity contribution in [2.24, 2.45) is 5.41 Å². The molecule has 1 rings (SSSR count). The van der Waals surface area contributed by atoms with Crippen LogP contribution in [0.3, 0.4) is 0 Å². The Kier molecular flexibility index (Phi) is 7.57. The van der Waals surface area contributed by atoms with Gasteiger partial charge < -0.3 is 19.5 Å². The number of carbonyl (C=O) groups is 3. The molecule has 1 aromatic carbocycles. The number of aliphatic carboxylic acids is 1. The average molecular weight is 351 g/mol. The molecular formula is C18H25NO6. The molecule has 1 amide bonds. The Labute approximate surface area is 147 Å². The number of esters is 1. The quantitative estimate of drug-likeness (QED) is 0.435. The van der Waals surface area contributed by atoms with E-state index in [-0.39, 0.29) is 13.0 Å². The van der Waals surface area contributed by atoms with E-state index in [0.29, 0.717) is 6.61 Å². The molecule has 0 spiro atoms. The summed E-state index contributed by atoms with van der Waals surface area (Å²) >= 11 is 0. The van der Waals surface area contributed by atoms with Gasteiger partial charge in [-0.1, -0.05) is 30.3 Å². The number of ether oxygens (including phenoxy) is 2. The van der Waals surface area contributed by atoms with Crippen LogP contribution in [0.2, 0.25) is 0 Å². The van der Waals surface area contributed by atoms with Crippen LogP contribution in [-0.2, 0) is 30.5 Å². The Bertz CT molecular complexity index is 597. The summed E-state index contributed by atoms with van der Waals surface area (Å²) in [5.74, 6) is -3.03. The molecule has 0 bridgehead atoms. The first-order chi connectivity index (χ1) is 11.7. The molecule has 0 radical (unpaired) electrons. The van der Waals surface area contributed by atoms with Crippen molar-refractivity contribution in [2.75, 3.05) is 20.7 Å². The van der Waals surface area contributed by atoms with E-state index >= 15 is 0 Å². The van der Waals surface area contributed by atoms with E-state index in [1.165, 1.54) is 27.9 Å². The number of nitrogens with zero attached hydrogens (tertiary/aromatic N) is 1. The normalized spacial score (nSPS) is 12.3. The number of rotatable bonds is 8. The Morgan fingerprint density at radius 3 is 2.28 bits per heavy atom. The molecule has 138 valence electrons. The maximum Gasteiger partial charge on any atom is 0.397 e. The minimum absolute atomic E-state index is 0.165. The molecule has 0 saturated heterocycles. The zero-order chi connectivity index (χ0) is 19.0. The van der Waals surface area contributed by atoms with E-state index in [1.54, 1.807) is 0 Å². The molecular weight excluding hydrogens is 326 g/mol. The first-order valence-electron chi connectivity index (χ1n) is 7.93. The number of likely N-dealkylation sites (N-methyl/N-ethyl adjacent to an activating group) is 1. The highest BCUT2D eigenvalue weighted by Crippen LogP contribution is 2.27. The van der Waals surface area contributed by atoms with Gasteiger partial charge in [0.15, 0.2) is 0 Å². The number of carbonyl (C=O) groups excluding carboxylic acids is 2. The molecule has 0 heterocycles. The number of carboxylic acids is 1. The summed E-state index contributed by atoms with van der Waals surface area (Å²) in [5, 5.41) is 9.38. The second-order valence-electron chi connectivity index (χ2n) is 6.45. The van der Waals surface area contributed by atoms with Gasteiger partial charge in [0.05, 0.1) is 18.6 Å². The first kappa shape index (κ1) is 20.6.